The van der Waals surface area contributed by atoms with Gasteiger partial charge in [-0.1, -0.05) is 6.07 Å². The van der Waals surface area contributed by atoms with E-state index in [9.17, 15) is 13.6 Å². The summed E-state index contributed by atoms with van der Waals surface area (Å²) in [4.78, 5) is 18.4. The number of amides is 2. The third-order valence-corrected chi connectivity index (χ3v) is 6.98. The number of halogens is 2. The number of aromatic nitrogens is 3. The summed E-state index contributed by atoms with van der Waals surface area (Å²) < 4.78 is 36.2. The molecule has 3 aromatic rings. The molecular formula is C25H28F2N6O2. The van der Waals surface area contributed by atoms with Gasteiger partial charge in [0.05, 0.1) is 11.3 Å². The Morgan fingerprint density at radius 3 is 2.74 bits per heavy atom. The van der Waals surface area contributed by atoms with Crippen LogP contribution in [0, 0.1) is 11.6 Å². The zero-order valence-corrected chi connectivity index (χ0v) is 19.7. The van der Waals surface area contributed by atoms with Crippen LogP contribution >= 0.6 is 0 Å². The zero-order chi connectivity index (χ0) is 24.7. The molecule has 5 rings (SSSR count). The third-order valence-electron chi connectivity index (χ3n) is 6.98. The number of nitrogens with zero attached hydrogens (tertiary/aromatic N) is 4. The molecule has 0 bridgehead atoms. The maximum Gasteiger partial charge on any atom is 0.317 e. The molecule has 1 spiro atoms. The van der Waals surface area contributed by atoms with E-state index in [4.69, 9.17) is 15.6 Å². The molecule has 8 nitrogen and oxygen atoms in total. The molecule has 0 aliphatic carbocycles. The Bertz CT molecular complexity index is 1260. The van der Waals surface area contributed by atoms with E-state index < -0.39 is 17.7 Å². The number of hydrogen-bond acceptors (Lipinski definition) is 5. The molecule has 4 heterocycles. The topological polar surface area (TPSA) is 98.3 Å². The van der Waals surface area contributed by atoms with Gasteiger partial charge < -0.3 is 20.7 Å². The first-order valence-electron chi connectivity index (χ1n) is 11.8. The average Bonchev–Trinajstić information content (AvgIpc) is 3.52. The number of carbonyl (C=O) groups excluding carboxylic acids is 1. The molecule has 1 fully saturated rings. The van der Waals surface area contributed by atoms with Gasteiger partial charge in [-0.15, -0.1) is 0 Å². The van der Waals surface area contributed by atoms with Crippen LogP contribution in [0.3, 0.4) is 0 Å². The van der Waals surface area contributed by atoms with E-state index in [0.29, 0.717) is 30.9 Å². The molecule has 184 valence electrons. The number of likely N-dealkylation sites (tertiary alicyclic amines) is 1. The van der Waals surface area contributed by atoms with Crippen LogP contribution in [0.15, 0.2) is 36.5 Å². The Balaban J connectivity index is 1.40. The summed E-state index contributed by atoms with van der Waals surface area (Å²) in [5.74, 6) is -1.03. The molecule has 0 saturated carbocycles. The van der Waals surface area contributed by atoms with Crippen LogP contribution in [0.25, 0.3) is 11.3 Å². The zero-order valence-electron chi connectivity index (χ0n) is 19.7. The van der Waals surface area contributed by atoms with E-state index in [-0.39, 0.29) is 28.6 Å². The van der Waals surface area contributed by atoms with Crippen molar-refractivity contribution in [2.24, 2.45) is 0 Å². The van der Waals surface area contributed by atoms with Crippen molar-refractivity contribution >= 4 is 11.8 Å². The standard InChI is InChI=1S/C25H28F2N6O2/c1-3-29-24(34)32-9-7-25(14-32)8-10-33-21(25)12-19(31-33)16-11-20(23(28)30-13-16)35-15(2)22-17(26)5-4-6-18(22)27/h4-6,11-13,15H,3,7-10,14H2,1-2H3,(H2,28,30)(H,29,34)/t15-,25+/m0/s1. The Kier molecular flexibility index (Phi) is 5.82. The summed E-state index contributed by atoms with van der Waals surface area (Å²) in [6.07, 6.45) is 2.52. The van der Waals surface area contributed by atoms with Crippen LogP contribution in [0.5, 0.6) is 5.75 Å². The van der Waals surface area contributed by atoms with Crippen molar-refractivity contribution < 1.29 is 18.3 Å². The van der Waals surface area contributed by atoms with Crippen LogP contribution in [-0.2, 0) is 12.0 Å². The lowest BCUT2D eigenvalue weighted by atomic mass is 9.82. The maximum absolute atomic E-state index is 14.2. The fraction of sp³-hybridized carbons (Fsp3) is 0.400. The van der Waals surface area contributed by atoms with Crippen molar-refractivity contribution in [2.75, 3.05) is 25.4 Å². The SMILES string of the molecule is CCNC(=O)N1CC[C@@]2(CCn3nc(-c4cnc(N)c(O[C@@H](C)c5c(F)cccc5F)c4)cc32)C1. The lowest BCUT2D eigenvalue weighted by Crippen LogP contribution is -2.40. The average molecular weight is 483 g/mol. The minimum Gasteiger partial charge on any atom is -0.482 e. The molecule has 0 radical (unpaired) electrons. The van der Waals surface area contributed by atoms with Gasteiger partial charge in [0, 0.05) is 49.0 Å². The minimum atomic E-state index is -0.912. The van der Waals surface area contributed by atoms with Gasteiger partial charge in [0.15, 0.2) is 11.6 Å². The van der Waals surface area contributed by atoms with Gasteiger partial charge in [-0.3, -0.25) is 4.68 Å². The first kappa shape index (κ1) is 23.1. The van der Waals surface area contributed by atoms with Crippen molar-refractivity contribution in [1.82, 2.24) is 25.0 Å². The number of urea groups is 1. The van der Waals surface area contributed by atoms with Crippen LogP contribution in [0.4, 0.5) is 19.4 Å². The molecule has 1 aromatic carbocycles. The summed E-state index contributed by atoms with van der Waals surface area (Å²) in [7, 11) is 0. The number of fused-ring (bicyclic) bond motifs is 2. The number of ether oxygens (including phenoxy) is 1. The number of aryl methyl sites for hydroxylation is 1. The quantitative estimate of drug-likeness (QED) is 0.572. The molecule has 2 atom stereocenters. The number of nitrogen functional groups attached to an aromatic ring is 1. The summed E-state index contributed by atoms with van der Waals surface area (Å²) in [6, 6.07) is 7.38. The molecule has 35 heavy (non-hydrogen) atoms. The second-order valence-corrected chi connectivity index (χ2v) is 9.18. The highest BCUT2D eigenvalue weighted by molar-refractivity contribution is 5.75. The third kappa shape index (κ3) is 4.06. The number of rotatable bonds is 5. The Hall–Kier alpha value is -3.69. The predicted octanol–water partition coefficient (Wildman–Crippen LogP) is 4.02. The van der Waals surface area contributed by atoms with Gasteiger partial charge in [-0.25, -0.2) is 18.6 Å². The van der Waals surface area contributed by atoms with E-state index in [1.807, 2.05) is 22.6 Å². The van der Waals surface area contributed by atoms with Crippen molar-refractivity contribution in [3.8, 4) is 17.0 Å². The van der Waals surface area contributed by atoms with E-state index in [0.717, 1.165) is 25.1 Å². The molecule has 0 unspecified atom stereocenters. The Morgan fingerprint density at radius 1 is 1.26 bits per heavy atom. The Labute approximate surface area is 202 Å². The highest BCUT2D eigenvalue weighted by atomic mass is 19.1. The summed E-state index contributed by atoms with van der Waals surface area (Å²) in [5.41, 5.74) is 8.22. The number of hydrogen-bond donors (Lipinski definition) is 2. The molecule has 2 amide bonds. The van der Waals surface area contributed by atoms with E-state index in [1.165, 1.54) is 18.2 Å². The molecule has 3 N–H and O–H groups in total. The molecule has 1 saturated heterocycles. The van der Waals surface area contributed by atoms with Crippen LogP contribution in [-0.4, -0.2) is 45.3 Å². The van der Waals surface area contributed by atoms with Crippen molar-refractivity contribution in [1.29, 1.82) is 0 Å². The highest BCUT2D eigenvalue weighted by Gasteiger charge is 2.46. The van der Waals surface area contributed by atoms with Crippen LogP contribution in [0.2, 0.25) is 0 Å². The van der Waals surface area contributed by atoms with E-state index in [1.54, 1.807) is 19.2 Å². The minimum absolute atomic E-state index is 0.0347. The predicted molar refractivity (Wildman–Crippen MR) is 127 cm³/mol. The highest BCUT2D eigenvalue weighted by Crippen LogP contribution is 2.44. The number of nitrogens with one attached hydrogen (secondary N) is 1. The van der Waals surface area contributed by atoms with Crippen molar-refractivity contribution in [2.45, 2.75) is 44.8 Å². The number of benzene rings is 1. The van der Waals surface area contributed by atoms with Crippen LogP contribution < -0.4 is 15.8 Å². The maximum atomic E-state index is 14.2. The van der Waals surface area contributed by atoms with E-state index >= 15 is 0 Å². The second-order valence-electron chi connectivity index (χ2n) is 9.18. The molecular weight excluding hydrogens is 454 g/mol. The largest absolute Gasteiger partial charge is 0.482 e. The van der Waals surface area contributed by atoms with Crippen molar-refractivity contribution in [3.63, 3.8) is 0 Å². The van der Waals surface area contributed by atoms with Gasteiger partial charge in [0.25, 0.3) is 0 Å². The molecule has 10 heteroatoms. The monoisotopic (exact) mass is 482 g/mol. The normalized spacial score (nSPS) is 19.7. The Morgan fingerprint density at radius 2 is 2.00 bits per heavy atom. The molecule has 2 aliphatic rings. The summed E-state index contributed by atoms with van der Waals surface area (Å²) in [5, 5.41) is 7.64. The van der Waals surface area contributed by atoms with Gasteiger partial charge in [-0.2, -0.15) is 5.10 Å². The summed E-state index contributed by atoms with van der Waals surface area (Å²) >= 11 is 0. The first-order chi connectivity index (χ1) is 16.8. The fourth-order valence-corrected chi connectivity index (χ4v) is 5.16. The van der Waals surface area contributed by atoms with Gasteiger partial charge in [-0.05, 0) is 51.0 Å². The fourth-order valence-electron chi connectivity index (χ4n) is 5.16. The number of nitrogens with two attached hydrogens (primary N) is 1. The second kappa shape index (κ2) is 8.83. The van der Waals surface area contributed by atoms with Gasteiger partial charge in [0.1, 0.15) is 17.7 Å². The van der Waals surface area contributed by atoms with Crippen molar-refractivity contribution in [3.05, 3.63) is 59.4 Å². The van der Waals surface area contributed by atoms with Gasteiger partial charge >= 0.3 is 6.03 Å². The van der Waals surface area contributed by atoms with E-state index in [2.05, 4.69) is 10.3 Å². The number of anilines is 1. The lowest BCUT2D eigenvalue weighted by molar-refractivity contribution is 0.206. The van der Waals surface area contributed by atoms with Crippen LogP contribution in [0.1, 0.15) is 44.1 Å². The lowest BCUT2D eigenvalue weighted by Gasteiger charge is -2.23. The number of carbonyl (C=O) groups is 1. The van der Waals surface area contributed by atoms with Gasteiger partial charge in [0.2, 0.25) is 0 Å². The smallest absolute Gasteiger partial charge is 0.317 e. The molecule has 2 aromatic heterocycles. The number of pyridine rings is 1. The first-order valence-corrected chi connectivity index (χ1v) is 11.8. The molecule has 2 aliphatic heterocycles. The summed E-state index contributed by atoms with van der Waals surface area (Å²) in [6.45, 7) is 6.20.